The maximum atomic E-state index is 12.5. The van der Waals surface area contributed by atoms with Crippen LogP contribution in [0, 0.1) is 13.8 Å². The van der Waals surface area contributed by atoms with E-state index in [2.05, 4.69) is 10.3 Å². The number of benzene rings is 2. The minimum atomic E-state index is -0.956. The van der Waals surface area contributed by atoms with Gasteiger partial charge in [0.05, 0.1) is 5.69 Å². The molecule has 3 rings (SSSR count). The molecule has 7 nitrogen and oxygen atoms in total. The van der Waals surface area contributed by atoms with E-state index in [1.807, 2.05) is 13.0 Å². The van der Waals surface area contributed by atoms with Crippen LogP contribution in [0.4, 0.5) is 5.69 Å². The van der Waals surface area contributed by atoms with Crippen molar-refractivity contribution < 1.29 is 9.90 Å². The van der Waals surface area contributed by atoms with Gasteiger partial charge in [0.15, 0.2) is 5.56 Å². The Morgan fingerprint density at radius 1 is 1.08 bits per heavy atom. The highest BCUT2D eigenvalue weighted by atomic mass is 16.3. The Bertz CT molecular complexity index is 1100. The van der Waals surface area contributed by atoms with Crippen molar-refractivity contribution in [1.82, 2.24) is 9.55 Å². The van der Waals surface area contributed by atoms with Gasteiger partial charge in [0, 0.05) is 5.69 Å². The molecule has 1 amide bonds. The number of nitrogens with zero attached hydrogens (tertiary/aromatic N) is 1. The number of aromatic amines is 1. The maximum Gasteiger partial charge on any atom is 0.335 e. The lowest BCUT2D eigenvalue weighted by molar-refractivity contribution is 0.102. The van der Waals surface area contributed by atoms with Crippen molar-refractivity contribution in [3.63, 3.8) is 0 Å². The van der Waals surface area contributed by atoms with Crippen LogP contribution in [-0.4, -0.2) is 20.6 Å². The van der Waals surface area contributed by atoms with Gasteiger partial charge in [-0.1, -0.05) is 30.3 Å². The SMILES string of the molecule is Cc1ccc(C)c(-n2c(O)c(C(=O)Nc3ccccc3)c(=O)[nH]c2=O)c1. The molecule has 132 valence electrons. The number of aryl methyl sites for hydroxylation is 2. The van der Waals surface area contributed by atoms with Gasteiger partial charge in [0.1, 0.15) is 0 Å². The average Bonchev–Trinajstić information content (AvgIpc) is 2.58. The number of amides is 1. The number of aromatic nitrogens is 2. The molecular weight excluding hydrogens is 334 g/mol. The molecule has 7 heteroatoms. The summed E-state index contributed by atoms with van der Waals surface area (Å²) in [5.74, 6) is -1.52. The number of para-hydroxylation sites is 1. The summed E-state index contributed by atoms with van der Waals surface area (Å²) in [5, 5.41) is 13.1. The van der Waals surface area contributed by atoms with E-state index in [9.17, 15) is 19.5 Å². The molecule has 0 atom stereocenters. The highest BCUT2D eigenvalue weighted by Gasteiger charge is 2.22. The van der Waals surface area contributed by atoms with E-state index in [0.29, 0.717) is 16.9 Å². The van der Waals surface area contributed by atoms with Crippen molar-refractivity contribution in [2.45, 2.75) is 13.8 Å². The summed E-state index contributed by atoms with van der Waals surface area (Å²) in [6.45, 7) is 3.59. The Labute approximate surface area is 148 Å². The number of hydrogen-bond donors (Lipinski definition) is 3. The van der Waals surface area contributed by atoms with E-state index in [-0.39, 0.29) is 0 Å². The third-order valence-electron chi connectivity index (χ3n) is 3.95. The number of carbonyl (C=O) groups excluding carboxylic acids is 1. The highest BCUT2D eigenvalue weighted by molar-refractivity contribution is 6.05. The predicted molar refractivity (Wildman–Crippen MR) is 98.2 cm³/mol. The largest absolute Gasteiger partial charge is 0.493 e. The predicted octanol–water partition coefficient (Wildman–Crippen LogP) is 2.10. The first-order valence-electron chi connectivity index (χ1n) is 7.91. The molecule has 0 radical (unpaired) electrons. The molecule has 0 bridgehead atoms. The molecule has 1 heterocycles. The Morgan fingerprint density at radius 2 is 1.77 bits per heavy atom. The van der Waals surface area contributed by atoms with Crippen LogP contribution in [0.3, 0.4) is 0 Å². The van der Waals surface area contributed by atoms with E-state index in [0.717, 1.165) is 10.1 Å². The van der Waals surface area contributed by atoms with Gasteiger partial charge in [-0.15, -0.1) is 0 Å². The fraction of sp³-hybridized carbons (Fsp3) is 0.105. The molecule has 0 fully saturated rings. The fourth-order valence-corrected chi connectivity index (χ4v) is 2.63. The number of carbonyl (C=O) groups is 1. The topological polar surface area (TPSA) is 104 Å². The molecule has 0 aliphatic carbocycles. The van der Waals surface area contributed by atoms with Gasteiger partial charge in [0.25, 0.3) is 11.5 Å². The van der Waals surface area contributed by atoms with Crippen LogP contribution in [0.5, 0.6) is 5.88 Å². The van der Waals surface area contributed by atoms with Crippen molar-refractivity contribution in [2.24, 2.45) is 0 Å². The first-order chi connectivity index (χ1) is 12.4. The van der Waals surface area contributed by atoms with Crippen LogP contribution >= 0.6 is 0 Å². The summed E-state index contributed by atoms with van der Waals surface area (Å²) < 4.78 is 0.920. The number of nitrogens with one attached hydrogen (secondary N) is 2. The van der Waals surface area contributed by atoms with Gasteiger partial charge in [-0.3, -0.25) is 14.6 Å². The molecule has 2 aromatic carbocycles. The Balaban J connectivity index is 2.16. The van der Waals surface area contributed by atoms with Crippen molar-refractivity contribution in [1.29, 1.82) is 0 Å². The van der Waals surface area contributed by atoms with E-state index in [4.69, 9.17) is 0 Å². The second-order valence-electron chi connectivity index (χ2n) is 5.90. The third-order valence-corrected chi connectivity index (χ3v) is 3.95. The molecular formula is C19H17N3O4. The molecule has 3 aromatic rings. The van der Waals surface area contributed by atoms with E-state index < -0.39 is 28.6 Å². The third kappa shape index (κ3) is 3.14. The number of hydrogen-bond acceptors (Lipinski definition) is 4. The Hall–Kier alpha value is -3.61. The number of rotatable bonds is 3. The summed E-state index contributed by atoms with van der Waals surface area (Å²) in [6, 6.07) is 13.8. The van der Waals surface area contributed by atoms with Crippen molar-refractivity contribution >= 4 is 11.6 Å². The molecule has 0 aliphatic rings. The standard InChI is InChI=1S/C19H17N3O4/c1-11-8-9-12(2)14(10-11)22-18(25)15(17(24)21-19(22)26)16(23)20-13-6-4-3-5-7-13/h3-10,25H,1-2H3,(H,20,23)(H,21,24,26). The van der Waals surface area contributed by atoms with E-state index in [1.165, 1.54) is 0 Å². The smallest absolute Gasteiger partial charge is 0.335 e. The number of aromatic hydroxyl groups is 1. The van der Waals surface area contributed by atoms with Gasteiger partial charge in [-0.25, -0.2) is 9.36 Å². The second-order valence-corrected chi connectivity index (χ2v) is 5.90. The van der Waals surface area contributed by atoms with Gasteiger partial charge < -0.3 is 10.4 Å². The lowest BCUT2D eigenvalue weighted by Crippen LogP contribution is -2.35. The normalized spacial score (nSPS) is 10.5. The van der Waals surface area contributed by atoms with Gasteiger partial charge in [-0.2, -0.15) is 0 Å². The van der Waals surface area contributed by atoms with Crippen LogP contribution in [0.15, 0.2) is 58.1 Å². The molecule has 26 heavy (non-hydrogen) atoms. The molecule has 0 saturated carbocycles. The van der Waals surface area contributed by atoms with Crippen molar-refractivity contribution in [2.75, 3.05) is 5.32 Å². The summed E-state index contributed by atoms with van der Waals surface area (Å²) in [5.41, 5.74) is 0.0976. The molecule has 1 aromatic heterocycles. The quantitative estimate of drug-likeness (QED) is 0.672. The lowest BCUT2D eigenvalue weighted by Gasteiger charge is -2.14. The van der Waals surface area contributed by atoms with Crippen LogP contribution in [0.25, 0.3) is 5.69 Å². The van der Waals surface area contributed by atoms with E-state index in [1.54, 1.807) is 49.4 Å². The zero-order chi connectivity index (χ0) is 18.8. The molecule has 0 unspecified atom stereocenters. The van der Waals surface area contributed by atoms with Gasteiger partial charge in [0.2, 0.25) is 5.88 Å². The molecule has 0 aliphatic heterocycles. The number of H-pyrrole nitrogens is 1. The monoisotopic (exact) mass is 351 g/mol. The summed E-state index contributed by atoms with van der Waals surface area (Å²) in [7, 11) is 0. The summed E-state index contributed by atoms with van der Waals surface area (Å²) in [4.78, 5) is 39.0. The first-order valence-corrected chi connectivity index (χ1v) is 7.91. The minimum Gasteiger partial charge on any atom is -0.493 e. The van der Waals surface area contributed by atoms with Gasteiger partial charge >= 0.3 is 5.69 Å². The molecule has 0 saturated heterocycles. The fourth-order valence-electron chi connectivity index (χ4n) is 2.63. The van der Waals surface area contributed by atoms with E-state index >= 15 is 0 Å². The highest BCUT2D eigenvalue weighted by Crippen LogP contribution is 2.21. The van der Waals surface area contributed by atoms with Gasteiger partial charge in [-0.05, 0) is 43.2 Å². The zero-order valence-electron chi connectivity index (χ0n) is 14.2. The Kier molecular flexibility index (Phi) is 4.45. The Morgan fingerprint density at radius 3 is 2.46 bits per heavy atom. The first kappa shape index (κ1) is 17.2. The summed E-state index contributed by atoms with van der Waals surface area (Å²) in [6.07, 6.45) is 0. The van der Waals surface area contributed by atoms with Crippen LogP contribution in [-0.2, 0) is 0 Å². The average molecular weight is 351 g/mol. The molecule has 0 spiro atoms. The van der Waals surface area contributed by atoms with Crippen LogP contribution < -0.4 is 16.6 Å². The van der Waals surface area contributed by atoms with Crippen LogP contribution in [0.1, 0.15) is 21.5 Å². The van der Waals surface area contributed by atoms with Crippen LogP contribution in [0.2, 0.25) is 0 Å². The molecule has 3 N–H and O–H groups in total. The van der Waals surface area contributed by atoms with Crippen molar-refractivity contribution in [3.8, 4) is 11.6 Å². The number of anilines is 1. The lowest BCUT2D eigenvalue weighted by atomic mass is 10.1. The van der Waals surface area contributed by atoms with Crippen molar-refractivity contribution in [3.05, 3.63) is 86.1 Å². The zero-order valence-corrected chi connectivity index (χ0v) is 14.2. The second kappa shape index (κ2) is 6.72. The maximum absolute atomic E-state index is 12.5. The minimum absolute atomic E-state index is 0.387. The summed E-state index contributed by atoms with van der Waals surface area (Å²) >= 11 is 0.